The first-order valence-corrected chi connectivity index (χ1v) is 5.49. The molecule has 92 valence electrons. The third-order valence-corrected chi connectivity index (χ3v) is 2.49. The van der Waals surface area contributed by atoms with Crippen LogP contribution < -0.4 is 16.6 Å². The van der Waals surface area contributed by atoms with Crippen LogP contribution in [0.5, 0.6) is 0 Å². The van der Waals surface area contributed by atoms with Crippen LogP contribution in [0.1, 0.15) is 15.9 Å². The topological polar surface area (TPSA) is 80.0 Å². The summed E-state index contributed by atoms with van der Waals surface area (Å²) in [5.74, 6) is 5.18. The zero-order valence-electron chi connectivity index (χ0n) is 9.97. The Hall–Kier alpha value is -2.40. The number of pyridine rings is 1. The van der Waals surface area contributed by atoms with Gasteiger partial charge in [-0.25, -0.2) is 0 Å². The van der Waals surface area contributed by atoms with Gasteiger partial charge in [0, 0.05) is 6.20 Å². The van der Waals surface area contributed by atoms with Crippen molar-refractivity contribution in [1.29, 1.82) is 0 Å². The number of hydrogen-bond donors (Lipinski definition) is 3. The number of hydrogen-bond acceptors (Lipinski definition) is 4. The molecule has 4 N–H and O–H groups in total. The summed E-state index contributed by atoms with van der Waals surface area (Å²) in [4.78, 5) is 16.0. The zero-order chi connectivity index (χ0) is 13.0. The molecule has 0 saturated carbocycles. The van der Waals surface area contributed by atoms with Gasteiger partial charge in [0.1, 0.15) is 0 Å². The number of nitrogen functional groups attached to an aromatic ring is 1. The van der Waals surface area contributed by atoms with E-state index in [0.29, 0.717) is 16.9 Å². The maximum Gasteiger partial charge on any atom is 0.257 e. The minimum absolute atomic E-state index is 0.226. The van der Waals surface area contributed by atoms with Gasteiger partial charge in [0.2, 0.25) is 0 Å². The summed E-state index contributed by atoms with van der Waals surface area (Å²) in [5, 5.41) is 2.76. The molecule has 0 fully saturated rings. The lowest BCUT2D eigenvalue weighted by atomic mass is 10.1. The van der Waals surface area contributed by atoms with Crippen molar-refractivity contribution in [2.75, 3.05) is 10.7 Å². The molecular weight excluding hydrogens is 228 g/mol. The summed E-state index contributed by atoms with van der Waals surface area (Å²) in [5.41, 5.74) is 5.29. The Morgan fingerprint density at radius 3 is 2.83 bits per heavy atom. The summed E-state index contributed by atoms with van der Waals surface area (Å²) < 4.78 is 0. The van der Waals surface area contributed by atoms with Crippen molar-refractivity contribution in [3.63, 3.8) is 0 Å². The third-order valence-electron chi connectivity index (χ3n) is 2.49. The molecule has 1 aromatic carbocycles. The number of benzene rings is 1. The smallest absolute Gasteiger partial charge is 0.257 e. The van der Waals surface area contributed by atoms with Gasteiger partial charge in [0.15, 0.2) is 0 Å². The van der Waals surface area contributed by atoms with Gasteiger partial charge in [-0.2, -0.15) is 0 Å². The monoisotopic (exact) mass is 242 g/mol. The van der Waals surface area contributed by atoms with E-state index in [-0.39, 0.29) is 5.91 Å². The highest BCUT2D eigenvalue weighted by molar-refractivity contribution is 6.08. The molecule has 0 unspecified atom stereocenters. The summed E-state index contributed by atoms with van der Waals surface area (Å²) >= 11 is 0. The molecule has 0 aliphatic rings. The molecule has 0 saturated heterocycles. The Balaban J connectivity index is 2.24. The quantitative estimate of drug-likeness (QED) is 0.567. The Morgan fingerprint density at radius 2 is 2.17 bits per heavy atom. The Labute approximate surface area is 105 Å². The lowest BCUT2D eigenvalue weighted by molar-refractivity contribution is 0.102. The molecular formula is C13H14N4O. The number of anilines is 2. The van der Waals surface area contributed by atoms with Crippen molar-refractivity contribution < 1.29 is 4.79 Å². The Kier molecular flexibility index (Phi) is 3.54. The van der Waals surface area contributed by atoms with Gasteiger partial charge in [-0.1, -0.05) is 6.07 Å². The molecule has 1 amide bonds. The Bertz CT molecular complexity index is 554. The molecule has 0 aliphatic carbocycles. The number of rotatable bonds is 3. The van der Waals surface area contributed by atoms with Gasteiger partial charge in [0.25, 0.3) is 5.91 Å². The highest BCUT2D eigenvalue weighted by atomic mass is 16.1. The SMILES string of the molecule is Cc1ccc(C(=O)Nc2cccnc2)c(NN)c1. The van der Waals surface area contributed by atoms with Gasteiger partial charge in [-0.15, -0.1) is 0 Å². The van der Waals surface area contributed by atoms with Crippen molar-refractivity contribution in [3.05, 3.63) is 53.9 Å². The van der Waals surface area contributed by atoms with E-state index < -0.39 is 0 Å². The largest absolute Gasteiger partial charge is 0.323 e. The third kappa shape index (κ3) is 2.64. The van der Waals surface area contributed by atoms with E-state index in [1.165, 1.54) is 0 Å². The second-order valence-electron chi connectivity index (χ2n) is 3.89. The number of aryl methyl sites for hydroxylation is 1. The van der Waals surface area contributed by atoms with E-state index in [1.807, 2.05) is 19.1 Å². The maximum absolute atomic E-state index is 12.1. The number of carbonyl (C=O) groups is 1. The van der Waals surface area contributed by atoms with Crippen molar-refractivity contribution in [2.45, 2.75) is 6.92 Å². The minimum Gasteiger partial charge on any atom is -0.323 e. The lowest BCUT2D eigenvalue weighted by Gasteiger charge is -2.10. The number of nitrogens with two attached hydrogens (primary N) is 1. The fourth-order valence-electron chi connectivity index (χ4n) is 1.61. The van der Waals surface area contributed by atoms with E-state index in [0.717, 1.165) is 5.56 Å². The van der Waals surface area contributed by atoms with Crippen LogP contribution >= 0.6 is 0 Å². The maximum atomic E-state index is 12.1. The van der Waals surface area contributed by atoms with Crippen molar-refractivity contribution in [1.82, 2.24) is 4.98 Å². The molecule has 5 heteroatoms. The average Bonchev–Trinajstić information content (AvgIpc) is 2.39. The lowest BCUT2D eigenvalue weighted by Crippen LogP contribution is -2.17. The minimum atomic E-state index is -0.226. The van der Waals surface area contributed by atoms with Gasteiger partial charge in [-0.05, 0) is 36.8 Å². The normalized spacial score (nSPS) is 9.89. The Morgan fingerprint density at radius 1 is 1.33 bits per heavy atom. The second-order valence-corrected chi connectivity index (χ2v) is 3.89. The zero-order valence-corrected chi connectivity index (χ0v) is 9.97. The number of nitrogens with one attached hydrogen (secondary N) is 2. The van der Waals surface area contributed by atoms with Crippen LogP contribution in [0.2, 0.25) is 0 Å². The van der Waals surface area contributed by atoms with Crippen molar-refractivity contribution >= 4 is 17.3 Å². The summed E-state index contributed by atoms with van der Waals surface area (Å²) in [6.07, 6.45) is 3.23. The molecule has 2 rings (SSSR count). The van der Waals surface area contributed by atoms with Crippen LogP contribution in [0.25, 0.3) is 0 Å². The number of carbonyl (C=O) groups excluding carboxylic acids is 1. The second kappa shape index (κ2) is 5.29. The van der Waals surface area contributed by atoms with Crippen LogP contribution in [0.3, 0.4) is 0 Å². The van der Waals surface area contributed by atoms with E-state index in [9.17, 15) is 4.79 Å². The molecule has 1 heterocycles. The predicted molar refractivity (Wildman–Crippen MR) is 71.2 cm³/mol. The van der Waals surface area contributed by atoms with Gasteiger partial charge in [0.05, 0.1) is 23.1 Å². The van der Waals surface area contributed by atoms with E-state index in [1.54, 1.807) is 30.6 Å². The number of nitrogens with zero attached hydrogens (tertiary/aromatic N) is 1. The molecule has 18 heavy (non-hydrogen) atoms. The summed E-state index contributed by atoms with van der Waals surface area (Å²) in [6.45, 7) is 1.93. The van der Waals surface area contributed by atoms with Crippen LogP contribution in [-0.4, -0.2) is 10.9 Å². The molecule has 0 bridgehead atoms. The van der Waals surface area contributed by atoms with E-state index >= 15 is 0 Å². The number of amides is 1. The van der Waals surface area contributed by atoms with Gasteiger partial charge < -0.3 is 10.7 Å². The number of hydrazine groups is 1. The van der Waals surface area contributed by atoms with Crippen LogP contribution in [0, 0.1) is 6.92 Å². The molecule has 2 aromatic rings. The molecule has 0 spiro atoms. The van der Waals surface area contributed by atoms with Crippen LogP contribution in [0.15, 0.2) is 42.7 Å². The molecule has 5 nitrogen and oxygen atoms in total. The molecule has 0 aliphatic heterocycles. The molecule has 0 atom stereocenters. The first-order chi connectivity index (χ1) is 8.70. The fourth-order valence-corrected chi connectivity index (χ4v) is 1.61. The van der Waals surface area contributed by atoms with Gasteiger partial charge in [-0.3, -0.25) is 15.6 Å². The van der Waals surface area contributed by atoms with Crippen molar-refractivity contribution in [2.24, 2.45) is 5.84 Å². The fraction of sp³-hybridized carbons (Fsp3) is 0.0769. The van der Waals surface area contributed by atoms with E-state index in [2.05, 4.69) is 15.7 Å². The first kappa shape index (κ1) is 12.1. The average molecular weight is 242 g/mol. The standard InChI is InChI=1S/C13H14N4O/c1-9-4-5-11(12(7-9)17-14)13(18)16-10-3-2-6-15-8-10/h2-8,17H,14H2,1H3,(H,16,18). The summed E-state index contributed by atoms with van der Waals surface area (Å²) in [7, 11) is 0. The van der Waals surface area contributed by atoms with Gasteiger partial charge >= 0.3 is 0 Å². The highest BCUT2D eigenvalue weighted by Crippen LogP contribution is 2.18. The summed E-state index contributed by atoms with van der Waals surface area (Å²) in [6, 6.07) is 8.94. The molecule has 1 aromatic heterocycles. The van der Waals surface area contributed by atoms with Crippen LogP contribution in [-0.2, 0) is 0 Å². The number of aromatic nitrogens is 1. The predicted octanol–water partition coefficient (Wildman–Crippen LogP) is 1.93. The van der Waals surface area contributed by atoms with Crippen molar-refractivity contribution in [3.8, 4) is 0 Å². The van der Waals surface area contributed by atoms with Crippen LogP contribution in [0.4, 0.5) is 11.4 Å². The first-order valence-electron chi connectivity index (χ1n) is 5.49. The van der Waals surface area contributed by atoms with E-state index in [4.69, 9.17) is 5.84 Å². The molecule has 0 radical (unpaired) electrons. The highest BCUT2D eigenvalue weighted by Gasteiger charge is 2.11.